The Morgan fingerprint density at radius 2 is 2.70 bits per heavy atom. The second-order valence-electron chi connectivity index (χ2n) is 1.72. The van der Waals surface area contributed by atoms with Gasteiger partial charge in [0.05, 0.1) is 10.4 Å². The van der Waals surface area contributed by atoms with Crippen molar-refractivity contribution in [2.24, 2.45) is 0 Å². The van der Waals surface area contributed by atoms with Crippen molar-refractivity contribution < 1.29 is 9.53 Å². The Kier molecular flexibility index (Phi) is 2.53. The van der Waals surface area contributed by atoms with E-state index in [4.69, 9.17) is 0 Å². The summed E-state index contributed by atoms with van der Waals surface area (Å²) in [5, 5.41) is 0. The number of carbonyl (C=O) groups excluding carboxylic acids is 1. The van der Waals surface area contributed by atoms with E-state index in [1.807, 2.05) is 0 Å². The minimum Gasteiger partial charge on any atom is -0.376 e. The first kappa shape index (κ1) is 7.37. The van der Waals surface area contributed by atoms with Crippen LogP contribution in [0.2, 0.25) is 0 Å². The number of ether oxygens (including phenoxy) is 1. The maximum atomic E-state index is 11.0. The first-order valence-corrected chi connectivity index (χ1v) is 3.63. The Morgan fingerprint density at radius 3 is 3.20 bits per heavy atom. The molecule has 1 rings (SSSR count). The molecule has 0 aliphatic carbocycles. The van der Waals surface area contributed by atoms with Crippen molar-refractivity contribution in [2.45, 2.75) is 0 Å². The van der Waals surface area contributed by atoms with Crippen molar-refractivity contribution in [3.8, 4) is 0 Å². The van der Waals surface area contributed by atoms with Gasteiger partial charge in [0.15, 0.2) is 5.78 Å². The highest BCUT2D eigenvalue weighted by Crippen LogP contribution is 2.05. The summed E-state index contributed by atoms with van der Waals surface area (Å²) in [6, 6.07) is 0. The third-order valence-corrected chi connectivity index (χ3v) is 1.80. The molecule has 0 aliphatic rings. The fourth-order valence-electron chi connectivity index (χ4n) is 0.556. The Hall–Kier alpha value is -0.740. The van der Waals surface area contributed by atoms with Gasteiger partial charge in [-0.25, -0.2) is 0 Å². The zero-order chi connectivity index (χ0) is 7.40. The molecule has 0 fully saturated rings. The van der Waals surface area contributed by atoms with Crippen molar-refractivity contribution >= 4 is 17.1 Å². The highest BCUT2D eigenvalue weighted by Gasteiger charge is 2.04. The normalized spacial score (nSPS) is 9.70. The summed E-state index contributed by atoms with van der Waals surface area (Å²) in [4.78, 5) is 15.4. The molecule has 0 N–H and O–H groups in total. The van der Waals surface area contributed by atoms with Crippen LogP contribution in [0.1, 0.15) is 9.67 Å². The van der Waals surface area contributed by atoms with Gasteiger partial charge in [0.25, 0.3) is 0 Å². The van der Waals surface area contributed by atoms with Gasteiger partial charge in [0.2, 0.25) is 0 Å². The highest BCUT2D eigenvalue weighted by molar-refractivity contribution is 7.11. The van der Waals surface area contributed by atoms with E-state index in [0.717, 1.165) is 0 Å². The maximum Gasteiger partial charge on any atom is 0.199 e. The van der Waals surface area contributed by atoms with E-state index in [2.05, 4.69) is 9.72 Å². The number of hydrogen-bond donors (Lipinski definition) is 0. The SMILES string of the molecule is COCC(=O)c1cncs1. The van der Waals surface area contributed by atoms with Crippen LogP contribution in [-0.2, 0) is 4.74 Å². The van der Waals surface area contributed by atoms with Crippen molar-refractivity contribution in [1.29, 1.82) is 0 Å². The molecule has 0 radical (unpaired) electrons. The lowest BCUT2D eigenvalue weighted by molar-refractivity contribution is 0.0852. The zero-order valence-electron chi connectivity index (χ0n) is 5.53. The quantitative estimate of drug-likeness (QED) is 0.614. The van der Waals surface area contributed by atoms with Gasteiger partial charge in [0.1, 0.15) is 6.61 Å². The molecular weight excluding hydrogens is 150 g/mol. The van der Waals surface area contributed by atoms with Crippen LogP contribution in [0.4, 0.5) is 0 Å². The molecule has 0 spiro atoms. The maximum absolute atomic E-state index is 11.0. The number of Topliss-reactive ketones (excluding diaryl/α,β-unsaturated/α-hetero) is 1. The molecule has 0 saturated carbocycles. The molecule has 0 bridgehead atoms. The van der Waals surface area contributed by atoms with Crippen LogP contribution in [0.5, 0.6) is 0 Å². The fourth-order valence-corrected chi connectivity index (χ4v) is 1.10. The molecule has 0 amide bonds. The van der Waals surface area contributed by atoms with Gasteiger partial charge in [-0.05, 0) is 0 Å². The average Bonchev–Trinajstić information content (AvgIpc) is 2.38. The Morgan fingerprint density at radius 1 is 1.90 bits per heavy atom. The number of thiazole rings is 1. The van der Waals surface area contributed by atoms with Gasteiger partial charge < -0.3 is 4.74 Å². The summed E-state index contributed by atoms with van der Waals surface area (Å²) in [6.07, 6.45) is 1.55. The van der Waals surface area contributed by atoms with Crippen LogP contribution in [-0.4, -0.2) is 24.5 Å². The molecule has 0 aliphatic heterocycles. The number of rotatable bonds is 3. The van der Waals surface area contributed by atoms with Gasteiger partial charge in [-0.15, -0.1) is 11.3 Å². The summed E-state index contributed by atoms with van der Waals surface area (Å²) >= 11 is 1.33. The van der Waals surface area contributed by atoms with Crippen LogP contribution in [0.3, 0.4) is 0 Å². The largest absolute Gasteiger partial charge is 0.376 e. The Bertz CT molecular complexity index is 208. The lowest BCUT2D eigenvalue weighted by Crippen LogP contribution is -2.04. The molecule has 1 aromatic rings. The lowest BCUT2D eigenvalue weighted by Gasteiger charge is -1.91. The summed E-state index contributed by atoms with van der Waals surface area (Å²) in [5.74, 6) is -0.00926. The Balaban J connectivity index is 2.59. The predicted molar refractivity (Wildman–Crippen MR) is 38.3 cm³/mol. The standard InChI is InChI=1S/C6H7NO2S/c1-9-3-5(8)6-2-7-4-10-6/h2,4H,3H2,1H3. The van der Waals surface area contributed by atoms with Crippen molar-refractivity contribution in [3.05, 3.63) is 16.6 Å². The molecule has 1 aromatic heterocycles. The molecule has 0 unspecified atom stereocenters. The third-order valence-electron chi connectivity index (χ3n) is 0.983. The monoisotopic (exact) mass is 157 g/mol. The van der Waals surface area contributed by atoms with E-state index < -0.39 is 0 Å². The number of carbonyl (C=O) groups is 1. The van der Waals surface area contributed by atoms with E-state index in [1.165, 1.54) is 18.4 Å². The van der Waals surface area contributed by atoms with E-state index in [-0.39, 0.29) is 12.4 Å². The van der Waals surface area contributed by atoms with Crippen LogP contribution >= 0.6 is 11.3 Å². The number of hydrogen-bond acceptors (Lipinski definition) is 4. The van der Waals surface area contributed by atoms with E-state index >= 15 is 0 Å². The van der Waals surface area contributed by atoms with Crippen LogP contribution in [0.15, 0.2) is 11.7 Å². The number of methoxy groups -OCH3 is 1. The molecule has 4 heteroatoms. The van der Waals surface area contributed by atoms with Crippen LogP contribution in [0, 0.1) is 0 Å². The molecule has 0 atom stereocenters. The van der Waals surface area contributed by atoms with E-state index in [9.17, 15) is 4.79 Å². The summed E-state index contributed by atoms with van der Waals surface area (Å²) < 4.78 is 4.66. The zero-order valence-corrected chi connectivity index (χ0v) is 6.35. The number of aromatic nitrogens is 1. The van der Waals surface area contributed by atoms with E-state index in [1.54, 1.807) is 11.7 Å². The van der Waals surface area contributed by atoms with Crippen molar-refractivity contribution in [2.75, 3.05) is 13.7 Å². The van der Waals surface area contributed by atoms with Gasteiger partial charge in [0, 0.05) is 13.3 Å². The third kappa shape index (κ3) is 1.62. The molecule has 0 aromatic carbocycles. The second kappa shape index (κ2) is 3.43. The number of ketones is 1. The molecule has 10 heavy (non-hydrogen) atoms. The highest BCUT2D eigenvalue weighted by atomic mass is 32.1. The predicted octanol–water partition coefficient (Wildman–Crippen LogP) is 0.972. The molecule has 0 saturated heterocycles. The molecule has 54 valence electrons. The first-order valence-electron chi connectivity index (χ1n) is 2.75. The average molecular weight is 157 g/mol. The lowest BCUT2D eigenvalue weighted by atomic mass is 10.4. The Labute approximate surface area is 62.7 Å². The van der Waals surface area contributed by atoms with Gasteiger partial charge in [-0.1, -0.05) is 0 Å². The number of nitrogens with zero attached hydrogens (tertiary/aromatic N) is 1. The fraction of sp³-hybridized carbons (Fsp3) is 0.333. The second-order valence-corrected chi connectivity index (χ2v) is 2.61. The van der Waals surface area contributed by atoms with Gasteiger partial charge in [-0.2, -0.15) is 0 Å². The van der Waals surface area contributed by atoms with Gasteiger partial charge in [-0.3, -0.25) is 9.78 Å². The van der Waals surface area contributed by atoms with Crippen molar-refractivity contribution in [3.63, 3.8) is 0 Å². The van der Waals surface area contributed by atoms with Crippen LogP contribution < -0.4 is 0 Å². The molecule has 3 nitrogen and oxygen atoms in total. The van der Waals surface area contributed by atoms with Crippen LogP contribution in [0.25, 0.3) is 0 Å². The summed E-state index contributed by atoms with van der Waals surface area (Å²) in [6.45, 7) is 0.141. The molecule has 1 heterocycles. The smallest absolute Gasteiger partial charge is 0.199 e. The first-order chi connectivity index (χ1) is 4.84. The minimum atomic E-state index is -0.00926. The van der Waals surface area contributed by atoms with Crippen molar-refractivity contribution in [1.82, 2.24) is 4.98 Å². The summed E-state index contributed by atoms with van der Waals surface area (Å²) in [7, 11) is 1.50. The minimum absolute atomic E-state index is 0.00926. The van der Waals surface area contributed by atoms with Gasteiger partial charge >= 0.3 is 0 Å². The topological polar surface area (TPSA) is 39.2 Å². The molecular formula is C6H7NO2S. The van der Waals surface area contributed by atoms with E-state index in [0.29, 0.717) is 4.88 Å². The summed E-state index contributed by atoms with van der Waals surface area (Å²) in [5.41, 5.74) is 1.63.